The summed E-state index contributed by atoms with van der Waals surface area (Å²) in [4.78, 5) is 7.08. The molecule has 3 nitrogen and oxygen atoms in total. The summed E-state index contributed by atoms with van der Waals surface area (Å²) in [5, 5.41) is 0. The first-order chi connectivity index (χ1) is 8.71. The number of hydrogen-bond acceptors (Lipinski definition) is 1. The first kappa shape index (κ1) is 10.7. The molecule has 1 aromatic rings. The van der Waals surface area contributed by atoms with Crippen molar-refractivity contribution in [1.29, 1.82) is 0 Å². The summed E-state index contributed by atoms with van der Waals surface area (Å²) >= 11 is 0. The second-order valence-corrected chi connectivity index (χ2v) is 5.93. The minimum atomic E-state index is 0.413. The Morgan fingerprint density at radius 1 is 1.28 bits per heavy atom. The van der Waals surface area contributed by atoms with Gasteiger partial charge in [-0.2, -0.15) is 0 Å². The molecule has 94 valence electrons. The Balaban J connectivity index is 1.82. The van der Waals surface area contributed by atoms with Gasteiger partial charge in [0.1, 0.15) is 12.2 Å². The molecule has 1 spiro atoms. The van der Waals surface area contributed by atoms with Crippen LogP contribution in [0.25, 0.3) is 5.57 Å². The van der Waals surface area contributed by atoms with Crippen LogP contribution in [0.5, 0.6) is 0 Å². The van der Waals surface area contributed by atoms with Crippen LogP contribution in [-0.4, -0.2) is 17.1 Å². The Bertz CT molecular complexity index is 542. The average molecular weight is 241 g/mol. The first-order valence-electron chi connectivity index (χ1n) is 6.77. The molecule has 1 fully saturated rings. The highest BCUT2D eigenvalue weighted by Crippen LogP contribution is 2.42. The summed E-state index contributed by atoms with van der Waals surface area (Å²) in [6.07, 6.45) is 7.05. The maximum absolute atomic E-state index is 4.51. The van der Waals surface area contributed by atoms with Crippen molar-refractivity contribution in [1.82, 2.24) is 4.98 Å². The molecular weight excluding hydrogens is 222 g/mol. The van der Waals surface area contributed by atoms with E-state index in [9.17, 15) is 0 Å². The van der Waals surface area contributed by atoms with Crippen LogP contribution in [0.3, 0.4) is 0 Å². The molecule has 2 N–H and O–H groups in total. The van der Waals surface area contributed by atoms with Gasteiger partial charge < -0.3 is 9.80 Å². The van der Waals surface area contributed by atoms with Gasteiger partial charge in [-0.1, -0.05) is 0 Å². The zero-order chi connectivity index (χ0) is 12.3. The Kier molecular flexibility index (Phi) is 2.04. The molecule has 0 aromatic carbocycles. The second kappa shape index (κ2) is 3.43. The molecule has 2 unspecified atom stereocenters. The van der Waals surface area contributed by atoms with Crippen molar-refractivity contribution >= 4 is 11.4 Å². The molecule has 1 aliphatic carbocycles. The minimum Gasteiger partial charge on any atom is -0.455 e. The van der Waals surface area contributed by atoms with Crippen LogP contribution in [0.2, 0.25) is 0 Å². The van der Waals surface area contributed by atoms with Crippen molar-refractivity contribution in [2.24, 2.45) is 0 Å². The number of nitrogens with one attached hydrogen (secondary N) is 2. The smallest absolute Gasteiger partial charge is 0.211 e. The van der Waals surface area contributed by atoms with Crippen LogP contribution in [0.4, 0.5) is 5.82 Å². The van der Waals surface area contributed by atoms with Gasteiger partial charge in [-0.25, -0.2) is 4.98 Å². The van der Waals surface area contributed by atoms with E-state index in [1.54, 1.807) is 0 Å². The van der Waals surface area contributed by atoms with Crippen molar-refractivity contribution < 1.29 is 9.80 Å². The summed E-state index contributed by atoms with van der Waals surface area (Å²) in [7, 11) is 8.60. The molecule has 1 aromatic heterocycles. The second-order valence-electron chi connectivity index (χ2n) is 5.93. The number of fused-ring (bicyclic) bond motifs is 2. The SMILES string of the molecule is [CH2-][NH+]1C2=C(CC3(CCC3)[NH+]([CH2-])C2)c2cccnc21. The molecule has 0 saturated heterocycles. The third-order valence-electron chi connectivity index (χ3n) is 5.11. The molecule has 0 amide bonds. The van der Waals surface area contributed by atoms with Crippen LogP contribution in [0.1, 0.15) is 31.2 Å². The van der Waals surface area contributed by atoms with E-state index in [4.69, 9.17) is 0 Å². The maximum atomic E-state index is 4.51. The lowest BCUT2D eigenvalue weighted by atomic mass is 9.69. The average Bonchev–Trinajstić information content (AvgIpc) is 2.61. The number of pyridine rings is 1. The van der Waals surface area contributed by atoms with E-state index in [0.29, 0.717) is 5.54 Å². The summed E-state index contributed by atoms with van der Waals surface area (Å²) in [5.41, 5.74) is 4.66. The van der Waals surface area contributed by atoms with Crippen LogP contribution in [0.15, 0.2) is 24.0 Å². The monoisotopic (exact) mass is 241 g/mol. The Morgan fingerprint density at radius 3 is 2.83 bits per heavy atom. The first-order valence-corrected chi connectivity index (χ1v) is 6.77. The van der Waals surface area contributed by atoms with Crippen molar-refractivity contribution in [2.45, 2.75) is 31.2 Å². The fraction of sp³-hybridized carbons (Fsp3) is 0.400. The molecule has 3 aliphatic rings. The van der Waals surface area contributed by atoms with Crippen molar-refractivity contribution in [3.63, 3.8) is 0 Å². The van der Waals surface area contributed by atoms with Gasteiger partial charge in [0.05, 0.1) is 11.1 Å². The van der Waals surface area contributed by atoms with E-state index in [2.05, 4.69) is 25.1 Å². The number of quaternary nitrogens is 2. The molecule has 1 saturated carbocycles. The molecule has 0 radical (unpaired) electrons. The van der Waals surface area contributed by atoms with Crippen molar-refractivity contribution in [3.8, 4) is 0 Å². The highest BCUT2D eigenvalue weighted by molar-refractivity contribution is 5.77. The van der Waals surface area contributed by atoms with Gasteiger partial charge in [0.15, 0.2) is 0 Å². The van der Waals surface area contributed by atoms with Crippen LogP contribution >= 0.6 is 0 Å². The summed E-state index contributed by atoms with van der Waals surface area (Å²) in [6.45, 7) is 1.02. The lowest BCUT2D eigenvalue weighted by Crippen LogP contribution is -3.20. The topological polar surface area (TPSA) is 21.8 Å². The molecular formula is C15H19N3. The predicted molar refractivity (Wildman–Crippen MR) is 69.5 cm³/mol. The molecule has 4 rings (SSSR count). The van der Waals surface area contributed by atoms with E-state index in [1.807, 2.05) is 12.3 Å². The largest absolute Gasteiger partial charge is 0.455 e. The van der Waals surface area contributed by atoms with Gasteiger partial charge in [0, 0.05) is 31.0 Å². The molecule has 3 heterocycles. The van der Waals surface area contributed by atoms with Gasteiger partial charge in [-0.3, -0.25) is 0 Å². The van der Waals surface area contributed by atoms with Crippen molar-refractivity contribution in [2.75, 3.05) is 6.54 Å². The Morgan fingerprint density at radius 2 is 2.11 bits per heavy atom. The van der Waals surface area contributed by atoms with E-state index in [-0.39, 0.29) is 0 Å². The zero-order valence-corrected chi connectivity index (χ0v) is 10.6. The molecule has 18 heavy (non-hydrogen) atoms. The third kappa shape index (κ3) is 1.19. The van der Waals surface area contributed by atoms with Gasteiger partial charge in [-0.05, 0) is 18.6 Å². The van der Waals surface area contributed by atoms with E-state index >= 15 is 0 Å². The lowest BCUT2D eigenvalue weighted by molar-refractivity contribution is -0.929. The predicted octanol–water partition coefficient (Wildman–Crippen LogP) is 0.117. The number of aromatic nitrogens is 1. The quantitative estimate of drug-likeness (QED) is 0.619. The van der Waals surface area contributed by atoms with Gasteiger partial charge >= 0.3 is 0 Å². The summed E-state index contributed by atoms with van der Waals surface area (Å²) in [5.74, 6) is 1.10. The number of hydrogen-bond donors (Lipinski definition) is 2. The number of rotatable bonds is 0. The lowest BCUT2D eigenvalue weighted by Gasteiger charge is -2.52. The van der Waals surface area contributed by atoms with E-state index in [0.717, 1.165) is 17.3 Å². The third-order valence-corrected chi connectivity index (χ3v) is 5.11. The van der Waals surface area contributed by atoms with Gasteiger partial charge in [-0.15, -0.1) is 14.1 Å². The highest BCUT2D eigenvalue weighted by Gasteiger charge is 2.49. The van der Waals surface area contributed by atoms with Gasteiger partial charge in [0.25, 0.3) is 0 Å². The molecule has 3 heteroatoms. The van der Waals surface area contributed by atoms with Gasteiger partial charge in [0.2, 0.25) is 5.82 Å². The Hall–Kier alpha value is -1.19. The number of nitrogens with zero attached hydrogens (tertiary/aromatic N) is 1. The normalized spacial score (nSPS) is 32.1. The van der Waals surface area contributed by atoms with E-state index in [1.165, 1.54) is 47.4 Å². The van der Waals surface area contributed by atoms with Crippen LogP contribution in [0, 0.1) is 14.1 Å². The standard InChI is InChI=1S/C15H19N3/c1-17-10-13-12(9-15(17)6-4-7-15)11-5-3-8-16-14(11)18(13)2/h3,5,8,17-18H,1-2,4,6-7,9-10H2. The molecule has 2 aliphatic heterocycles. The fourth-order valence-corrected chi connectivity index (χ4v) is 3.79. The van der Waals surface area contributed by atoms with E-state index < -0.39 is 0 Å². The van der Waals surface area contributed by atoms with Crippen LogP contribution in [-0.2, 0) is 0 Å². The molecule has 2 atom stereocenters. The highest BCUT2D eigenvalue weighted by atomic mass is 15.3. The summed E-state index contributed by atoms with van der Waals surface area (Å²) in [6, 6.07) is 4.25. The fourth-order valence-electron chi connectivity index (χ4n) is 3.79. The van der Waals surface area contributed by atoms with Crippen molar-refractivity contribution in [3.05, 3.63) is 43.7 Å². The minimum absolute atomic E-state index is 0.413. The summed E-state index contributed by atoms with van der Waals surface area (Å²) < 4.78 is 0. The maximum Gasteiger partial charge on any atom is 0.211 e. The Labute approximate surface area is 108 Å². The zero-order valence-electron chi connectivity index (χ0n) is 10.6. The molecule has 0 bridgehead atoms. The van der Waals surface area contributed by atoms with Crippen LogP contribution < -0.4 is 9.80 Å².